The molecular weight excluding hydrogens is 462 g/mol. The molecule has 0 spiro atoms. The third-order valence-electron chi connectivity index (χ3n) is 5.97. The van der Waals surface area contributed by atoms with Crippen LogP contribution in [-0.4, -0.2) is 51.8 Å². The van der Waals surface area contributed by atoms with Crippen LogP contribution in [-0.2, 0) is 34.4 Å². The van der Waals surface area contributed by atoms with Gasteiger partial charge in [-0.15, -0.1) is 0 Å². The largest absolute Gasteiger partial charge is 0.379 e. The van der Waals surface area contributed by atoms with E-state index in [1.807, 2.05) is 18.2 Å². The molecular formula is C27H31N3O4S. The topological polar surface area (TPSA) is 79.0 Å². The van der Waals surface area contributed by atoms with Gasteiger partial charge in [-0.2, -0.15) is 0 Å². The zero-order valence-electron chi connectivity index (χ0n) is 19.9. The first-order chi connectivity index (χ1) is 16.9. The van der Waals surface area contributed by atoms with Gasteiger partial charge in [-0.05, 0) is 41.0 Å². The highest BCUT2D eigenvalue weighted by atomic mass is 32.2. The van der Waals surface area contributed by atoms with E-state index in [2.05, 4.69) is 22.3 Å². The molecule has 0 radical (unpaired) electrons. The van der Waals surface area contributed by atoms with Gasteiger partial charge in [0.2, 0.25) is 10.0 Å². The quantitative estimate of drug-likeness (QED) is 0.494. The number of morpholine rings is 1. The van der Waals surface area contributed by atoms with Gasteiger partial charge < -0.3 is 10.1 Å². The number of hydrogen-bond acceptors (Lipinski definition) is 5. The number of anilines is 1. The highest BCUT2D eigenvalue weighted by Gasteiger charge is 2.18. The molecule has 1 amide bonds. The first-order valence-electron chi connectivity index (χ1n) is 11.7. The third-order valence-corrected chi connectivity index (χ3v) is 7.11. The molecule has 7 nitrogen and oxygen atoms in total. The van der Waals surface area contributed by atoms with Crippen molar-refractivity contribution in [1.29, 1.82) is 0 Å². The summed E-state index contributed by atoms with van der Waals surface area (Å²) in [6, 6.07) is 24.3. The first-order valence-corrected chi connectivity index (χ1v) is 13.5. The van der Waals surface area contributed by atoms with Crippen molar-refractivity contribution < 1.29 is 17.9 Å². The molecule has 3 aromatic carbocycles. The van der Waals surface area contributed by atoms with Crippen molar-refractivity contribution in [3.05, 3.63) is 101 Å². The number of amides is 1. The number of benzene rings is 3. The minimum absolute atomic E-state index is 0.169. The Kier molecular flexibility index (Phi) is 8.17. The van der Waals surface area contributed by atoms with E-state index in [0.29, 0.717) is 17.8 Å². The van der Waals surface area contributed by atoms with Gasteiger partial charge in [0.15, 0.2) is 0 Å². The van der Waals surface area contributed by atoms with E-state index in [4.69, 9.17) is 4.74 Å². The van der Waals surface area contributed by atoms with Crippen LogP contribution in [0, 0.1) is 0 Å². The highest BCUT2D eigenvalue weighted by molar-refractivity contribution is 7.92. The average Bonchev–Trinajstić information content (AvgIpc) is 2.87. The molecule has 0 aliphatic carbocycles. The summed E-state index contributed by atoms with van der Waals surface area (Å²) in [7, 11) is -3.45. The van der Waals surface area contributed by atoms with Crippen molar-refractivity contribution in [1.82, 2.24) is 10.2 Å². The number of rotatable bonds is 9. The Morgan fingerprint density at radius 3 is 2.11 bits per heavy atom. The number of carbonyl (C=O) groups is 1. The summed E-state index contributed by atoms with van der Waals surface area (Å²) in [5.41, 5.74) is 4.21. The number of nitrogens with zero attached hydrogens (tertiary/aromatic N) is 2. The zero-order valence-corrected chi connectivity index (χ0v) is 20.7. The second kappa shape index (κ2) is 11.5. The van der Waals surface area contributed by atoms with Crippen molar-refractivity contribution in [3.8, 4) is 0 Å². The van der Waals surface area contributed by atoms with Crippen LogP contribution < -0.4 is 9.62 Å². The number of sulfonamides is 1. The predicted octanol–water partition coefficient (Wildman–Crippen LogP) is 3.42. The van der Waals surface area contributed by atoms with Crippen molar-refractivity contribution in [2.24, 2.45) is 0 Å². The molecule has 1 fully saturated rings. The lowest BCUT2D eigenvalue weighted by atomic mass is 10.1. The fraction of sp³-hybridized carbons (Fsp3) is 0.296. The summed E-state index contributed by atoms with van der Waals surface area (Å²) in [5, 5.41) is 2.95. The van der Waals surface area contributed by atoms with Crippen LogP contribution in [0.25, 0.3) is 0 Å². The zero-order chi connectivity index (χ0) is 24.7. The van der Waals surface area contributed by atoms with Gasteiger partial charge in [0, 0.05) is 31.7 Å². The van der Waals surface area contributed by atoms with Gasteiger partial charge in [-0.1, -0.05) is 54.6 Å². The fourth-order valence-electron chi connectivity index (χ4n) is 3.99. The third kappa shape index (κ3) is 7.14. The minimum Gasteiger partial charge on any atom is -0.379 e. The highest BCUT2D eigenvalue weighted by Crippen LogP contribution is 2.20. The van der Waals surface area contributed by atoms with Gasteiger partial charge in [-0.3, -0.25) is 14.0 Å². The lowest BCUT2D eigenvalue weighted by molar-refractivity contribution is 0.0342. The molecule has 1 saturated heterocycles. The molecule has 1 heterocycles. The van der Waals surface area contributed by atoms with E-state index < -0.39 is 10.0 Å². The van der Waals surface area contributed by atoms with Crippen LogP contribution in [0.5, 0.6) is 0 Å². The molecule has 1 N–H and O–H groups in total. The van der Waals surface area contributed by atoms with Crippen molar-refractivity contribution in [3.63, 3.8) is 0 Å². The van der Waals surface area contributed by atoms with E-state index in [1.165, 1.54) is 16.1 Å². The minimum atomic E-state index is -3.45. The predicted molar refractivity (Wildman–Crippen MR) is 138 cm³/mol. The van der Waals surface area contributed by atoms with Crippen LogP contribution in [0.1, 0.15) is 27.0 Å². The first kappa shape index (κ1) is 24.9. The number of nitrogens with one attached hydrogen (secondary N) is 1. The van der Waals surface area contributed by atoms with Gasteiger partial charge in [0.25, 0.3) is 5.91 Å². The van der Waals surface area contributed by atoms with Crippen molar-refractivity contribution >= 4 is 21.6 Å². The molecule has 4 rings (SSSR count). The fourth-order valence-corrected chi connectivity index (χ4v) is 4.87. The molecule has 0 aromatic heterocycles. The Balaban J connectivity index is 1.31. The Labute approximate surface area is 207 Å². The van der Waals surface area contributed by atoms with Gasteiger partial charge in [0.1, 0.15) is 0 Å². The van der Waals surface area contributed by atoms with Crippen LogP contribution >= 0.6 is 0 Å². The average molecular weight is 494 g/mol. The maximum atomic E-state index is 12.6. The number of carbonyl (C=O) groups excluding carboxylic acids is 1. The van der Waals surface area contributed by atoms with E-state index >= 15 is 0 Å². The summed E-state index contributed by atoms with van der Waals surface area (Å²) in [5.74, 6) is -0.169. The van der Waals surface area contributed by atoms with Gasteiger partial charge in [-0.25, -0.2) is 8.42 Å². The second-order valence-corrected chi connectivity index (χ2v) is 10.6. The lowest BCUT2D eigenvalue weighted by Crippen LogP contribution is -2.35. The van der Waals surface area contributed by atoms with Gasteiger partial charge in [0.05, 0.1) is 31.7 Å². The molecule has 0 unspecified atom stereocenters. The molecule has 0 saturated carbocycles. The van der Waals surface area contributed by atoms with E-state index in [-0.39, 0.29) is 12.5 Å². The number of para-hydroxylation sites is 1. The smallest absolute Gasteiger partial charge is 0.251 e. The summed E-state index contributed by atoms with van der Waals surface area (Å²) in [4.78, 5) is 15.0. The number of hydrogen-bond donors (Lipinski definition) is 1. The summed E-state index contributed by atoms with van der Waals surface area (Å²) in [6.07, 6.45) is 1.19. The molecule has 3 aromatic rings. The second-order valence-electron chi connectivity index (χ2n) is 8.69. The molecule has 184 valence electrons. The Morgan fingerprint density at radius 2 is 1.49 bits per heavy atom. The molecule has 1 aliphatic rings. The van der Waals surface area contributed by atoms with E-state index in [1.54, 1.807) is 48.5 Å². The summed E-state index contributed by atoms with van der Waals surface area (Å²) < 4.78 is 31.4. The monoisotopic (exact) mass is 493 g/mol. The maximum absolute atomic E-state index is 12.6. The maximum Gasteiger partial charge on any atom is 0.251 e. The normalized spacial score (nSPS) is 14.4. The summed E-state index contributed by atoms with van der Waals surface area (Å²) >= 11 is 0. The Hall–Kier alpha value is -3.20. The van der Waals surface area contributed by atoms with Crippen LogP contribution in [0.15, 0.2) is 78.9 Å². The molecule has 1 aliphatic heterocycles. The SMILES string of the molecule is CS(=O)(=O)N(Cc1ccc(C(=O)NCc2ccc(CN3CCOCC3)cc2)cc1)c1ccccc1. The van der Waals surface area contributed by atoms with Crippen LogP contribution in [0.3, 0.4) is 0 Å². The molecule has 8 heteroatoms. The molecule has 0 atom stereocenters. The Morgan fingerprint density at radius 1 is 0.886 bits per heavy atom. The van der Waals surface area contributed by atoms with Crippen LogP contribution in [0.4, 0.5) is 5.69 Å². The molecule has 35 heavy (non-hydrogen) atoms. The van der Waals surface area contributed by atoms with Crippen molar-refractivity contribution in [2.75, 3.05) is 36.9 Å². The van der Waals surface area contributed by atoms with E-state index in [0.717, 1.165) is 44.0 Å². The van der Waals surface area contributed by atoms with Gasteiger partial charge >= 0.3 is 0 Å². The number of ether oxygens (including phenoxy) is 1. The standard InChI is InChI=1S/C27H31N3O4S/c1-35(32,33)30(26-5-3-2-4-6-26)21-24-11-13-25(14-12-24)27(31)28-19-22-7-9-23(10-8-22)20-29-15-17-34-18-16-29/h2-14H,15-21H2,1H3,(H,28,31). The van der Waals surface area contributed by atoms with Crippen LogP contribution in [0.2, 0.25) is 0 Å². The lowest BCUT2D eigenvalue weighted by Gasteiger charge is -2.26. The molecule has 0 bridgehead atoms. The Bertz CT molecular complexity index is 1210. The van der Waals surface area contributed by atoms with E-state index in [9.17, 15) is 13.2 Å². The van der Waals surface area contributed by atoms with Crippen molar-refractivity contribution in [2.45, 2.75) is 19.6 Å². The summed E-state index contributed by atoms with van der Waals surface area (Å²) in [6.45, 7) is 5.02.